The first kappa shape index (κ1) is 19.7. The van der Waals surface area contributed by atoms with Crippen molar-refractivity contribution in [2.45, 2.75) is 4.90 Å². The molecule has 0 aliphatic carbocycles. The summed E-state index contributed by atoms with van der Waals surface area (Å²) in [6.45, 7) is 0. The molecule has 4 aromatic rings. The number of fused-ring (bicyclic) bond motifs is 1. The van der Waals surface area contributed by atoms with Gasteiger partial charge in [-0.15, -0.1) is 0 Å². The summed E-state index contributed by atoms with van der Waals surface area (Å²) in [6, 6.07) is 16.5. The van der Waals surface area contributed by atoms with Crippen LogP contribution >= 0.6 is 0 Å². The number of benzene rings is 2. The Labute approximate surface area is 173 Å². The van der Waals surface area contributed by atoms with Crippen LogP contribution in [0, 0.1) is 0 Å². The number of aryl methyl sites for hydroxylation is 1. The molecule has 1 amide bonds. The number of aromatic nitrogens is 2. The Morgan fingerprint density at radius 1 is 1.00 bits per heavy atom. The molecular weight excluding hydrogens is 402 g/mol. The number of hydrogen-bond donors (Lipinski definition) is 2. The van der Waals surface area contributed by atoms with Crippen LogP contribution in [0.2, 0.25) is 0 Å². The third-order valence-corrected chi connectivity index (χ3v) is 6.53. The lowest BCUT2D eigenvalue weighted by molar-refractivity contribution is -0.124. The fraction of sp³-hybridized carbons (Fsp3) is 0.0455. The Bertz CT molecular complexity index is 1360. The second-order valence-corrected chi connectivity index (χ2v) is 8.66. The molecule has 0 bridgehead atoms. The van der Waals surface area contributed by atoms with Gasteiger partial charge in [-0.05, 0) is 59.2 Å². The van der Waals surface area contributed by atoms with Crippen LogP contribution in [0.25, 0.3) is 28.1 Å². The minimum atomic E-state index is -3.76. The number of carbonyl (C=O) groups excluding carboxylic acids is 1. The Morgan fingerprint density at radius 2 is 1.73 bits per heavy atom. The minimum absolute atomic E-state index is 0.159. The second kappa shape index (κ2) is 7.66. The monoisotopic (exact) mass is 421 g/mol. The van der Waals surface area contributed by atoms with Crippen molar-refractivity contribution in [2.75, 3.05) is 0 Å². The van der Waals surface area contributed by atoms with Gasteiger partial charge in [0.25, 0.3) is 15.9 Å². The number of rotatable bonds is 5. The highest BCUT2D eigenvalue weighted by Gasteiger charge is 2.16. The molecule has 4 rings (SSSR count). The number of hydrogen-bond acceptors (Lipinski definition) is 4. The van der Waals surface area contributed by atoms with Crippen LogP contribution < -0.4 is 5.48 Å². The molecular formula is C22H19N3O4S. The van der Waals surface area contributed by atoms with Gasteiger partial charge in [0.05, 0.1) is 4.90 Å². The zero-order valence-corrected chi connectivity index (χ0v) is 16.9. The molecule has 0 unspecified atom stereocenters. The Hall–Kier alpha value is -3.62. The quantitative estimate of drug-likeness (QED) is 0.293. The average Bonchev–Trinajstić information content (AvgIpc) is 3.39. The zero-order valence-electron chi connectivity index (χ0n) is 16.1. The molecule has 2 N–H and O–H groups in total. The van der Waals surface area contributed by atoms with Crippen molar-refractivity contribution in [3.63, 3.8) is 0 Å². The van der Waals surface area contributed by atoms with Crippen molar-refractivity contribution in [1.82, 2.24) is 14.0 Å². The van der Waals surface area contributed by atoms with Crippen LogP contribution in [0.5, 0.6) is 0 Å². The summed E-state index contributed by atoms with van der Waals surface area (Å²) in [4.78, 5) is 11.2. The summed E-state index contributed by atoms with van der Waals surface area (Å²) in [5.74, 6) is -0.699. The van der Waals surface area contributed by atoms with Crippen LogP contribution in [-0.2, 0) is 21.9 Å². The lowest BCUT2D eigenvalue weighted by atomic mass is 10.0. The molecule has 152 valence electrons. The molecule has 2 aromatic carbocycles. The highest BCUT2D eigenvalue weighted by molar-refractivity contribution is 7.90. The maximum absolute atomic E-state index is 12.9. The minimum Gasteiger partial charge on any atom is -0.351 e. The van der Waals surface area contributed by atoms with Gasteiger partial charge in [0, 0.05) is 42.6 Å². The van der Waals surface area contributed by atoms with Crippen molar-refractivity contribution in [1.29, 1.82) is 0 Å². The van der Waals surface area contributed by atoms with Crippen LogP contribution in [0.15, 0.2) is 84.2 Å². The molecule has 0 saturated carbocycles. The molecule has 0 aliphatic heterocycles. The molecule has 0 radical (unpaired) electrons. The van der Waals surface area contributed by atoms with Gasteiger partial charge in [0.1, 0.15) is 0 Å². The van der Waals surface area contributed by atoms with E-state index in [0.717, 1.165) is 32.1 Å². The third-order valence-electron chi connectivity index (χ3n) is 4.88. The van der Waals surface area contributed by atoms with E-state index in [1.807, 2.05) is 36.0 Å². The van der Waals surface area contributed by atoms with E-state index in [0.29, 0.717) is 5.56 Å². The summed E-state index contributed by atoms with van der Waals surface area (Å²) in [6.07, 6.45) is 7.31. The summed E-state index contributed by atoms with van der Waals surface area (Å²) in [5.41, 5.74) is 5.05. The largest absolute Gasteiger partial charge is 0.351 e. The van der Waals surface area contributed by atoms with Crippen LogP contribution in [0.4, 0.5) is 0 Å². The number of amides is 1. The Balaban J connectivity index is 1.60. The van der Waals surface area contributed by atoms with E-state index in [1.54, 1.807) is 30.3 Å². The van der Waals surface area contributed by atoms with E-state index in [9.17, 15) is 13.2 Å². The molecule has 2 aromatic heterocycles. The Kier molecular flexibility index (Phi) is 5.03. The molecule has 0 saturated heterocycles. The molecule has 0 atom stereocenters. The maximum atomic E-state index is 12.9. The SMILES string of the molecule is Cn1ccc2cc(-c3ccc(S(=O)(=O)n4ccc(/C=C/C(=O)NO)c4)cc3)ccc21. The first-order valence-electron chi connectivity index (χ1n) is 9.10. The van der Waals surface area contributed by atoms with Crippen LogP contribution in [0.1, 0.15) is 5.56 Å². The van der Waals surface area contributed by atoms with E-state index in [2.05, 4.69) is 6.07 Å². The smallest absolute Gasteiger partial charge is 0.267 e. The molecule has 0 aliphatic rings. The molecule has 0 spiro atoms. The molecule has 7 nitrogen and oxygen atoms in total. The molecule has 30 heavy (non-hydrogen) atoms. The first-order valence-corrected chi connectivity index (χ1v) is 10.5. The standard InChI is InChI=1S/C22H19N3O4S/c1-24-12-11-19-14-18(5-8-21(19)24)17-3-6-20(7-4-17)30(28,29)25-13-10-16(15-25)2-9-22(26)23-27/h2-15,27H,1H3,(H,23,26)/b9-2+. The molecule has 2 heterocycles. The van der Waals surface area contributed by atoms with Crippen LogP contribution in [-0.4, -0.2) is 28.1 Å². The van der Waals surface area contributed by atoms with E-state index in [-0.39, 0.29) is 4.90 Å². The number of carbonyl (C=O) groups is 1. The maximum Gasteiger partial charge on any atom is 0.267 e. The molecule has 8 heteroatoms. The summed E-state index contributed by atoms with van der Waals surface area (Å²) in [5, 5.41) is 9.62. The predicted molar refractivity (Wildman–Crippen MR) is 114 cm³/mol. The van der Waals surface area contributed by atoms with E-state index >= 15 is 0 Å². The highest BCUT2D eigenvalue weighted by atomic mass is 32.2. The van der Waals surface area contributed by atoms with Gasteiger partial charge < -0.3 is 4.57 Å². The second-order valence-electron chi connectivity index (χ2n) is 6.81. The van der Waals surface area contributed by atoms with Gasteiger partial charge in [-0.1, -0.05) is 18.2 Å². The zero-order chi connectivity index (χ0) is 21.3. The van der Waals surface area contributed by atoms with Crippen molar-refractivity contribution in [3.8, 4) is 11.1 Å². The van der Waals surface area contributed by atoms with Crippen molar-refractivity contribution in [2.24, 2.45) is 7.05 Å². The van der Waals surface area contributed by atoms with Crippen molar-refractivity contribution >= 4 is 32.9 Å². The summed E-state index contributed by atoms with van der Waals surface area (Å²) < 4.78 is 28.9. The van der Waals surface area contributed by atoms with E-state index in [1.165, 1.54) is 23.9 Å². The van der Waals surface area contributed by atoms with Crippen molar-refractivity contribution < 1.29 is 18.4 Å². The number of hydroxylamine groups is 1. The predicted octanol–water partition coefficient (Wildman–Crippen LogP) is 3.40. The lowest BCUT2D eigenvalue weighted by Crippen LogP contribution is -2.14. The van der Waals surface area contributed by atoms with Gasteiger partial charge in [0.15, 0.2) is 0 Å². The van der Waals surface area contributed by atoms with Crippen LogP contribution in [0.3, 0.4) is 0 Å². The van der Waals surface area contributed by atoms with Gasteiger partial charge in [-0.25, -0.2) is 17.9 Å². The normalized spacial score (nSPS) is 11.9. The topological polar surface area (TPSA) is 93.3 Å². The van der Waals surface area contributed by atoms with Gasteiger partial charge in [0.2, 0.25) is 0 Å². The van der Waals surface area contributed by atoms with Crippen molar-refractivity contribution in [3.05, 3.63) is 84.8 Å². The Morgan fingerprint density at radius 3 is 2.47 bits per heavy atom. The summed E-state index contributed by atoms with van der Waals surface area (Å²) in [7, 11) is -1.77. The van der Waals surface area contributed by atoms with E-state index < -0.39 is 15.9 Å². The van der Waals surface area contributed by atoms with E-state index in [4.69, 9.17) is 5.21 Å². The van der Waals surface area contributed by atoms with Gasteiger partial charge >= 0.3 is 0 Å². The van der Waals surface area contributed by atoms with Gasteiger partial charge in [-0.2, -0.15) is 0 Å². The number of nitrogens with one attached hydrogen (secondary N) is 1. The average molecular weight is 421 g/mol. The molecule has 0 fully saturated rings. The fourth-order valence-electron chi connectivity index (χ4n) is 3.25. The summed E-state index contributed by atoms with van der Waals surface area (Å²) >= 11 is 0. The fourth-order valence-corrected chi connectivity index (χ4v) is 4.46. The number of nitrogens with zero attached hydrogens (tertiary/aromatic N) is 2. The first-order chi connectivity index (χ1) is 14.4. The highest BCUT2D eigenvalue weighted by Crippen LogP contribution is 2.26. The van der Waals surface area contributed by atoms with Gasteiger partial charge in [-0.3, -0.25) is 10.0 Å². The third kappa shape index (κ3) is 3.66. The lowest BCUT2D eigenvalue weighted by Gasteiger charge is -2.08.